The van der Waals surface area contributed by atoms with Crippen molar-refractivity contribution < 1.29 is 19.4 Å². The van der Waals surface area contributed by atoms with E-state index in [1.54, 1.807) is 10.3 Å². The molecule has 2 N–H and O–H groups in total. The first kappa shape index (κ1) is 22.7. The summed E-state index contributed by atoms with van der Waals surface area (Å²) in [5.74, 6) is -0.431. The normalized spacial score (nSPS) is 15.2. The topological polar surface area (TPSA) is 91.8 Å². The van der Waals surface area contributed by atoms with Gasteiger partial charge in [-0.15, -0.1) is 11.3 Å². The van der Waals surface area contributed by atoms with Crippen LogP contribution in [0, 0.1) is 0 Å². The molecule has 2 amide bonds. The van der Waals surface area contributed by atoms with Crippen molar-refractivity contribution in [3.05, 3.63) is 38.3 Å². The number of aromatic hydroxyl groups is 1. The number of hydrogen-bond acceptors (Lipinski definition) is 6. The summed E-state index contributed by atoms with van der Waals surface area (Å²) in [5.41, 5.74) is 0.148. The Morgan fingerprint density at radius 1 is 1.23 bits per heavy atom. The molecule has 1 fully saturated rings. The summed E-state index contributed by atoms with van der Waals surface area (Å²) in [5, 5.41) is 15.0. The molecule has 30 heavy (non-hydrogen) atoms. The molecule has 1 aromatic heterocycles. The highest BCUT2D eigenvalue weighted by Gasteiger charge is 2.29. The molecule has 2 heterocycles. The number of aromatic nitrogens is 1. The van der Waals surface area contributed by atoms with Crippen molar-refractivity contribution in [2.45, 2.75) is 45.1 Å². The van der Waals surface area contributed by atoms with E-state index in [2.05, 4.69) is 10.3 Å². The number of ether oxygens (including phenoxy) is 1. The number of hydrogen-bond donors (Lipinski definition) is 2. The Morgan fingerprint density at radius 3 is 2.40 bits per heavy atom. The van der Waals surface area contributed by atoms with Crippen molar-refractivity contribution in [3.8, 4) is 5.75 Å². The highest BCUT2D eigenvalue weighted by Crippen LogP contribution is 2.35. The molecule has 7 nitrogen and oxygen atoms in total. The van der Waals surface area contributed by atoms with E-state index in [0.29, 0.717) is 24.5 Å². The van der Waals surface area contributed by atoms with Gasteiger partial charge in [0, 0.05) is 30.1 Å². The summed E-state index contributed by atoms with van der Waals surface area (Å²) in [6.45, 7) is 6.72. The fourth-order valence-electron chi connectivity index (χ4n) is 3.05. The van der Waals surface area contributed by atoms with Gasteiger partial charge in [-0.25, -0.2) is 9.78 Å². The maximum atomic E-state index is 12.5. The van der Waals surface area contributed by atoms with Crippen LogP contribution in [0.2, 0.25) is 10.0 Å². The summed E-state index contributed by atoms with van der Waals surface area (Å²) < 4.78 is 5.42. The number of likely N-dealkylation sites (tertiary alicyclic amines) is 1. The van der Waals surface area contributed by atoms with Gasteiger partial charge in [-0.1, -0.05) is 23.2 Å². The summed E-state index contributed by atoms with van der Waals surface area (Å²) in [4.78, 5) is 30.9. The third-order valence-electron chi connectivity index (χ3n) is 4.53. The maximum Gasteiger partial charge on any atom is 0.410 e. The van der Waals surface area contributed by atoms with E-state index in [1.807, 2.05) is 20.8 Å². The number of nitrogens with zero attached hydrogens (tertiary/aromatic N) is 2. The molecule has 0 aliphatic carbocycles. The van der Waals surface area contributed by atoms with E-state index in [9.17, 15) is 14.7 Å². The minimum absolute atomic E-state index is 0.0495. The molecule has 0 unspecified atom stereocenters. The molecule has 1 aromatic carbocycles. The monoisotopic (exact) mass is 471 g/mol. The van der Waals surface area contributed by atoms with E-state index in [1.165, 1.54) is 23.5 Å². The molecule has 0 radical (unpaired) electrons. The van der Waals surface area contributed by atoms with Crippen LogP contribution >= 0.6 is 34.5 Å². The van der Waals surface area contributed by atoms with Gasteiger partial charge < -0.3 is 20.1 Å². The predicted molar refractivity (Wildman–Crippen MR) is 118 cm³/mol. The average Bonchev–Trinajstić information content (AvgIpc) is 3.15. The van der Waals surface area contributed by atoms with Gasteiger partial charge in [0.25, 0.3) is 5.91 Å². The molecule has 162 valence electrons. The largest absolute Gasteiger partial charge is 0.505 e. The number of nitrogens with one attached hydrogen (secondary N) is 1. The Hall–Kier alpha value is -2.03. The van der Waals surface area contributed by atoms with E-state index >= 15 is 0 Å². The molecule has 1 aliphatic rings. The van der Waals surface area contributed by atoms with E-state index in [0.717, 1.165) is 17.8 Å². The predicted octanol–water partition coefficient (Wildman–Crippen LogP) is 5.52. The lowest BCUT2D eigenvalue weighted by atomic mass is 9.98. The zero-order chi connectivity index (χ0) is 22.1. The number of rotatable bonds is 3. The first-order valence-electron chi connectivity index (χ1n) is 9.46. The number of carbonyl (C=O) groups excluding carboxylic acids is 2. The van der Waals surface area contributed by atoms with Crippen LogP contribution in [0.3, 0.4) is 0 Å². The molecule has 0 saturated carbocycles. The van der Waals surface area contributed by atoms with Crippen LogP contribution in [0.5, 0.6) is 5.75 Å². The molecular weight excluding hydrogens is 449 g/mol. The third kappa shape index (κ3) is 5.56. The minimum Gasteiger partial charge on any atom is -0.505 e. The van der Waals surface area contributed by atoms with Crippen molar-refractivity contribution in [2.24, 2.45) is 0 Å². The SMILES string of the molecule is CC(C)(C)OC(=O)N1CCC(c2nc(C(=O)Nc3cc(Cl)c(O)c(Cl)c3)cs2)CC1. The zero-order valence-corrected chi connectivity index (χ0v) is 19.2. The Kier molecular flexibility index (Phi) is 6.79. The number of thiazole rings is 1. The van der Waals surface area contributed by atoms with Gasteiger partial charge in [0.1, 0.15) is 11.3 Å². The lowest BCUT2D eigenvalue weighted by Gasteiger charge is -2.32. The first-order valence-corrected chi connectivity index (χ1v) is 11.1. The summed E-state index contributed by atoms with van der Waals surface area (Å²) >= 11 is 13.2. The molecule has 2 aromatic rings. The fourth-order valence-corrected chi connectivity index (χ4v) is 4.51. The summed E-state index contributed by atoms with van der Waals surface area (Å²) in [6.07, 6.45) is 1.22. The number of amides is 2. The van der Waals surface area contributed by atoms with Gasteiger partial charge in [-0.05, 0) is 45.7 Å². The van der Waals surface area contributed by atoms with Crippen LogP contribution in [0.4, 0.5) is 10.5 Å². The van der Waals surface area contributed by atoms with Crippen molar-refractivity contribution in [3.63, 3.8) is 0 Å². The van der Waals surface area contributed by atoms with Crippen LogP contribution in [0.1, 0.15) is 55.0 Å². The quantitative estimate of drug-likeness (QED) is 0.574. The number of phenols is 1. The third-order valence-corrected chi connectivity index (χ3v) is 6.11. The first-order chi connectivity index (χ1) is 14.0. The molecule has 1 aliphatic heterocycles. The molecule has 0 bridgehead atoms. The number of piperidine rings is 1. The number of phenolic OH excluding ortho intramolecular Hbond substituents is 1. The van der Waals surface area contributed by atoms with Gasteiger partial charge in [0.2, 0.25) is 0 Å². The van der Waals surface area contributed by atoms with Crippen molar-refractivity contribution in [1.29, 1.82) is 0 Å². The minimum atomic E-state index is -0.516. The van der Waals surface area contributed by atoms with Crippen LogP contribution < -0.4 is 5.32 Å². The van der Waals surface area contributed by atoms with Gasteiger partial charge in [-0.3, -0.25) is 4.79 Å². The number of carbonyl (C=O) groups is 2. The fraction of sp³-hybridized carbons (Fsp3) is 0.450. The van der Waals surface area contributed by atoms with E-state index in [4.69, 9.17) is 27.9 Å². The second kappa shape index (κ2) is 8.99. The van der Waals surface area contributed by atoms with Crippen LogP contribution in [0.15, 0.2) is 17.5 Å². The maximum absolute atomic E-state index is 12.5. The van der Waals surface area contributed by atoms with Crippen LogP contribution in [-0.4, -0.2) is 45.7 Å². The number of anilines is 1. The Balaban J connectivity index is 1.59. The average molecular weight is 472 g/mol. The van der Waals surface area contributed by atoms with Crippen molar-refractivity contribution in [1.82, 2.24) is 9.88 Å². The summed E-state index contributed by atoms with van der Waals surface area (Å²) in [7, 11) is 0. The molecular formula is C20H23Cl2N3O4S. The lowest BCUT2D eigenvalue weighted by molar-refractivity contribution is 0.0204. The highest BCUT2D eigenvalue weighted by atomic mass is 35.5. The van der Waals surface area contributed by atoms with E-state index < -0.39 is 5.60 Å². The van der Waals surface area contributed by atoms with Gasteiger partial charge in [0.15, 0.2) is 5.75 Å². The molecule has 3 rings (SSSR count). The molecule has 1 saturated heterocycles. The molecule has 10 heteroatoms. The van der Waals surface area contributed by atoms with Crippen molar-refractivity contribution in [2.75, 3.05) is 18.4 Å². The number of benzene rings is 1. The van der Waals surface area contributed by atoms with Crippen molar-refractivity contribution >= 4 is 52.2 Å². The number of halogens is 2. The Morgan fingerprint density at radius 2 is 1.83 bits per heavy atom. The summed E-state index contributed by atoms with van der Waals surface area (Å²) in [6, 6.07) is 2.83. The second-order valence-electron chi connectivity index (χ2n) is 8.06. The smallest absolute Gasteiger partial charge is 0.410 e. The second-order valence-corrected chi connectivity index (χ2v) is 9.76. The van der Waals surface area contributed by atoms with Gasteiger partial charge in [-0.2, -0.15) is 0 Å². The molecule has 0 atom stereocenters. The lowest BCUT2D eigenvalue weighted by Crippen LogP contribution is -2.41. The Labute approximate surface area is 189 Å². The van der Waals surface area contributed by atoms with Crippen LogP contribution in [0.25, 0.3) is 0 Å². The van der Waals surface area contributed by atoms with Crippen LogP contribution in [-0.2, 0) is 4.74 Å². The Bertz CT molecular complexity index is 927. The highest BCUT2D eigenvalue weighted by molar-refractivity contribution is 7.10. The van der Waals surface area contributed by atoms with Gasteiger partial charge in [0.05, 0.1) is 15.1 Å². The zero-order valence-electron chi connectivity index (χ0n) is 16.9. The standard InChI is InChI=1S/C20H23Cl2N3O4S/c1-20(2,3)29-19(28)25-6-4-11(5-7-25)18-24-15(10-30-18)17(27)23-12-8-13(21)16(26)14(22)9-12/h8-11,26H,4-7H2,1-3H3,(H,23,27). The van der Waals surface area contributed by atoms with E-state index in [-0.39, 0.29) is 33.7 Å². The molecule has 0 spiro atoms. The van der Waals surface area contributed by atoms with Gasteiger partial charge >= 0.3 is 6.09 Å².